The van der Waals surface area contributed by atoms with Gasteiger partial charge in [-0.2, -0.15) is 0 Å². The van der Waals surface area contributed by atoms with Crippen LogP contribution >= 0.6 is 23.5 Å². The summed E-state index contributed by atoms with van der Waals surface area (Å²) >= 11 is 3.25. The van der Waals surface area contributed by atoms with Crippen molar-refractivity contribution in [2.75, 3.05) is 0 Å². The zero-order valence-corrected chi connectivity index (χ0v) is 17.8. The van der Waals surface area contributed by atoms with Crippen LogP contribution in [0.1, 0.15) is 39.5 Å². The Bertz CT molecular complexity index is 706. The van der Waals surface area contributed by atoms with Gasteiger partial charge in [0.25, 0.3) is 0 Å². The van der Waals surface area contributed by atoms with Crippen LogP contribution in [-0.4, -0.2) is 27.2 Å². The molecule has 0 unspecified atom stereocenters. The van der Waals surface area contributed by atoms with Crippen molar-refractivity contribution in [2.24, 2.45) is 0 Å². The van der Waals surface area contributed by atoms with Crippen molar-refractivity contribution in [1.82, 2.24) is 0 Å². The summed E-state index contributed by atoms with van der Waals surface area (Å²) in [6, 6.07) is 19.8. The molecule has 6 heteroatoms. The molecule has 0 amide bonds. The van der Waals surface area contributed by atoms with E-state index >= 15 is 0 Å². The number of ether oxygens (including phenoxy) is 1. The standard InChI is InChI=1S/C22H26O4S2/c1-17(2)26-21(25)14-16-22(15-13-20(23)24,27-18-9-5-3-6-10-18)28-19-11-7-4-8-12-19/h3-12,17H,13-16H2,1-2H3,(H,23,24). The van der Waals surface area contributed by atoms with Crippen molar-refractivity contribution < 1.29 is 19.4 Å². The van der Waals surface area contributed by atoms with Crippen LogP contribution in [0.5, 0.6) is 0 Å². The van der Waals surface area contributed by atoms with E-state index in [9.17, 15) is 14.7 Å². The maximum atomic E-state index is 12.2. The summed E-state index contributed by atoms with van der Waals surface area (Å²) in [5.74, 6) is -1.09. The summed E-state index contributed by atoms with van der Waals surface area (Å²) in [4.78, 5) is 25.6. The van der Waals surface area contributed by atoms with E-state index in [1.165, 1.54) is 0 Å². The summed E-state index contributed by atoms with van der Waals surface area (Å²) in [5, 5.41) is 9.30. The highest BCUT2D eigenvalue weighted by Gasteiger charge is 2.34. The van der Waals surface area contributed by atoms with Crippen molar-refractivity contribution >= 4 is 35.5 Å². The molecule has 0 bridgehead atoms. The lowest BCUT2D eigenvalue weighted by Crippen LogP contribution is -2.24. The molecular weight excluding hydrogens is 392 g/mol. The molecule has 0 heterocycles. The first kappa shape index (κ1) is 22.4. The number of thioether (sulfide) groups is 2. The van der Waals surface area contributed by atoms with E-state index in [2.05, 4.69) is 0 Å². The first-order chi connectivity index (χ1) is 13.4. The predicted octanol–water partition coefficient (Wildman–Crippen LogP) is 5.86. The smallest absolute Gasteiger partial charge is 0.306 e. The Morgan fingerprint density at radius 2 is 1.36 bits per heavy atom. The minimum atomic E-state index is -0.837. The fourth-order valence-electron chi connectivity index (χ4n) is 2.67. The average Bonchev–Trinajstić information content (AvgIpc) is 2.66. The summed E-state index contributed by atoms with van der Waals surface area (Å²) < 4.78 is 4.81. The minimum absolute atomic E-state index is 0.0406. The molecule has 0 aliphatic rings. The Hall–Kier alpha value is -1.92. The average molecular weight is 419 g/mol. The summed E-state index contributed by atoms with van der Waals surface area (Å²) in [5.41, 5.74) is 0. The predicted molar refractivity (Wildman–Crippen MR) is 115 cm³/mol. The number of rotatable bonds is 11. The van der Waals surface area contributed by atoms with Gasteiger partial charge in [-0.05, 0) is 51.0 Å². The fraction of sp³-hybridized carbons (Fsp3) is 0.364. The van der Waals surface area contributed by atoms with E-state index in [4.69, 9.17) is 4.74 Å². The Labute approximate surface area is 175 Å². The molecule has 4 nitrogen and oxygen atoms in total. The Morgan fingerprint density at radius 3 is 1.79 bits per heavy atom. The number of carbonyl (C=O) groups excluding carboxylic acids is 1. The third-order valence-electron chi connectivity index (χ3n) is 3.89. The second kappa shape index (κ2) is 11.2. The molecule has 0 spiro atoms. The number of hydrogen-bond donors (Lipinski definition) is 1. The van der Waals surface area contributed by atoms with Crippen LogP contribution in [0.25, 0.3) is 0 Å². The monoisotopic (exact) mass is 418 g/mol. The van der Waals surface area contributed by atoms with Crippen molar-refractivity contribution in [3.63, 3.8) is 0 Å². The lowest BCUT2D eigenvalue weighted by Gasteiger charge is -2.32. The van der Waals surface area contributed by atoms with Crippen LogP contribution < -0.4 is 0 Å². The highest BCUT2D eigenvalue weighted by molar-refractivity contribution is 8.18. The molecule has 0 saturated heterocycles. The fourth-order valence-corrected chi connectivity index (χ4v) is 5.67. The highest BCUT2D eigenvalue weighted by Crippen LogP contribution is 2.51. The van der Waals surface area contributed by atoms with Gasteiger partial charge in [-0.3, -0.25) is 9.59 Å². The van der Waals surface area contributed by atoms with Crippen LogP contribution in [0.4, 0.5) is 0 Å². The Morgan fingerprint density at radius 1 is 0.893 bits per heavy atom. The normalized spacial score (nSPS) is 11.4. The topological polar surface area (TPSA) is 63.6 Å². The Kier molecular flexibility index (Phi) is 8.93. The maximum Gasteiger partial charge on any atom is 0.306 e. The molecule has 2 aromatic carbocycles. The molecule has 1 N–H and O–H groups in total. The molecule has 0 saturated carbocycles. The van der Waals surface area contributed by atoms with Gasteiger partial charge in [0.15, 0.2) is 0 Å². The van der Waals surface area contributed by atoms with Gasteiger partial charge in [0, 0.05) is 22.6 Å². The number of esters is 1. The van der Waals surface area contributed by atoms with Crippen LogP contribution in [0.2, 0.25) is 0 Å². The zero-order valence-electron chi connectivity index (χ0n) is 16.2. The highest BCUT2D eigenvalue weighted by atomic mass is 32.2. The molecule has 0 atom stereocenters. The quantitative estimate of drug-likeness (QED) is 0.280. The van der Waals surface area contributed by atoms with Gasteiger partial charge in [0.2, 0.25) is 0 Å². The lowest BCUT2D eigenvalue weighted by molar-refractivity contribution is -0.147. The number of hydrogen-bond acceptors (Lipinski definition) is 5. The largest absolute Gasteiger partial charge is 0.481 e. The summed E-state index contributed by atoms with van der Waals surface area (Å²) in [6.45, 7) is 3.65. The molecule has 28 heavy (non-hydrogen) atoms. The third-order valence-corrected chi connectivity index (χ3v) is 6.97. The number of carbonyl (C=O) groups is 2. The first-order valence-electron chi connectivity index (χ1n) is 9.28. The van der Waals surface area contributed by atoms with Gasteiger partial charge in [0.1, 0.15) is 0 Å². The number of carboxylic acid groups (broad SMARTS) is 1. The zero-order chi connectivity index (χ0) is 20.4. The van der Waals surface area contributed by atoms with Gasteiger partial charge in [-0.1, -0.05) is 36.4 Å². The SMILES string of the molecule is CC(C)OC(=O)CCC(CCC(=O)O)(Sc1ccccc1)Sc1ccccc1. The molecule has 2 rings (SSSR count). The van der Waals surface area contributed by atoms with E-state index in [1.54, 1.807) is 23.5 Å². The molecule has 2 aromatic rings. The van der Waals surface area contributed by atoms with E-state index in [1.807, 2.05) is 74.5 Å². The summed E-state index contributed by atoms with van der Waals surface area (Å²) in [7, 11) is 0. The number of benzene rings is 2. The van der Waals surface area contributed by atoms with Crippen molar-refractivity contribution in [3.05, 3.63) is 60.7 Å². The van der Waals surface area contributed by atoms with Crippen LogP contribution in [0.3, 0.4) is 0 Å². The van der Waals surface area contributed by atoms with Crippen molar-refractivity contribution in [3.8, 4) is 0 Å². The molecule has 0 aromatic heterocycles. The van der Waals surface area contributed by atoms with E-state index in [-0.39, 0.29) is 24.9 Å². The molecule has 0 aliphatic carbocycles. The minimum Gasteiger partial charge on any atom is -0.481 e. The van der Waals surface area contributed by atoms with Crippen molar-refractivity contribution in [2.45, 2.75) is 59.5 Å². The first-order valence-corrected chi connectivity index (χ1v) is 10.9. The summed E-state index contributed by atoms with van der Waals surface area (Å²) in [6.07, 6.45) is 1.09. The van der Waals surface area contributed by atoms with E-state index in [0.29, 0.717) is 12.8 Å². The maximum absolute atomic E-state index is 12.2. The third kappa shape index (κ3) is 7.98. The van der Waals surface area contributed by atoms with Crippen LogP contribution in [0, 0.1) is 0 Å². The van der Waals surface area contributed by atoms with Gasteiger partial charge in [-0.25, -0.2) is 0 Å². The van der Waals surface area contributed by atoms with Crippen LogP contribution in [0.15, 0.2) is 70.5 Å². The molecule has 0 aliphatic heterocycles. The van der Waals surface area contributed by atoms with Gasteiger partial charge in [-0.15, -0.1) is 23.5 Å². The lowest BCUT2D eigenvalue weighted by atomic mass is 10.1. The van der Waals surface area contributed by atoms with Crippen LogP contribution in [-0.2, 0) is 14.3 Å². The van der Waals surface area contributed by atoms with Gasteiger partial charge >= 0.3 is 11.9 Å². The van der Waals surface area contributed by atoms with E-state index < -0.39 is 10.0 Å². The number of aliphatic carboxylic acids is 1. The molecule has 150 valence electrons. The Balaban J connectivity index is 2.28. The second-order valence-corrected chi connectivity index (χ2v) is 9.85. The molecule has 0 fully saturated rings. The second-order valence-electron chi connectivity index (χ2n) is 6.67. The van der Waals surface area contributed by atoms with Gasteiger partial charge in [0.05, 0.1) is 10.2 Å². The van der Waals surface area contributed by atoms with Gasteiger partial charge < -0.3 is 9.84 Å². The van der Waals surface area contributed by atoms with Crippen molar-refractivity contribution in [1.29, 1.82) is 0 Å². The number of carboxylic acids is 1. The molecular formula is C22H26O4S2. The van der Waals surface area contributed by atoms with E-state index in [0.717, 1.165) is 9.79 Å². The molecule has 0 radical (unpaired) electrons.